The van der Waals surface area contributed by atoms with Crippen LogP contribution < -0.4 is 4.57 Å². The summed E-state index contributed by atoms with van der Waals surface area (Å²) in [7, 11) is 4.24. The van der Waals surface area contributed by atoms with Crippen molar-refractivity contribution in [1.82, 2.24) is 9.47 Å². The van der Waals surface area contributed by atoms with Crippen molar-refractivity contribution in [2.45, 2.75) is 33.4 Å². The molecule has 0 atom stereocenters. The van der Waals surface area contributed by atoms with Crippen LogP contribution in [0, 0.1) is 6.92 Å². The second kappa shape index (κ2) is 5.15. The van der Waals surface area contributed by atoms with Crippen LogP contribution in [0.3, 0.4) is 0 Å². The van der Waals surface area contributed by atoms with Crippen molar-refractivity contribution in [2.75, 3.05) is 20.6 Å². The molecule has 3 heteroatoms. The molecule has 0 fully saturated rings. The van der Waals surface area contributed by atoms with Gasteiger partial charge < -0.3 is 4.90 Å². The molecule has 14 heavy (non-hydrogen) atoms. The molecule has 0 amide bonds. The molecule has 0 spiro atoms. The fourth-order valence-corrected chi connectivity index (χ4v) is 1.67. The average Bonchev–Trinajstić information content (AvgIpc) is 2.47. The lowest BCUT2D eigenvalue weighted by molar-refractivity contribution is -0.702. The first kappa shape index (κ1) is 11.2. The number of imidazole rings is 1. The van der Waals surface area contributed by atoms with Crippen molar-refractivity contribution >= 4 is 0 Å². The van der Waals surface area contributed by atoms with Gasteiger partial charge >= 0.3 is 0 Å². The Bertz CT molecular complexity index is 276. The van der Waals surface area contributed by atoms with E-state index in [2.05, 4.69) is 54.4 Å². The molecule has 0 saturated heterocycles. The van der Waals surface area contributed by atoms with Gasteiger partial charge in [0.05, 0.1) is 13.1 Å². The fraction of sp³-hybridized carbons (Fsp3) is 0.727. The standard InChI is InChI=1S/C11H22N3/c1-5-13-9-10-14(11(13)2)8-6-7-12(3)4/h9-10H,5-8H2,1-4H3/q+1. The molecule has 0 unspecified atom stereocenters. The third kappa shape index (κ3) is 2.84. The highest BCUT2D eigenvalue weighted by Gasteiger charge is 2.09. The van der Waals surface area contributed by atoms with E-state index >= 15 is 0 Å². The molecule has 1 rings (SSSR count). The van der Waals surface area contributed by atoms with Gasteiger partial charge in [-0.15, -0.1) is 0 Å². The highest BCUT2D eigenvalue weighted by atomic mass is 15.1. The number of aromatic nitrogens is 2. The highest BCUT2D eigenvalue weighted by Crippen LogP contribution is 1.94. The van der Waals surface area contributed by atoms with Crippen LogP contribution in [0.25, 0.3) is 0 Å². The first-order valence-electron chi connectivity index (χ1n) is 5.35. The largest absolute Gasteiger partial charge is 0.309 e. The Morgan fingerprint density at radius 3 is 2.64 bits per heavy atom. The maximum Gasteiger partial charge on any atom is 0.253 e. The second-order valence-corrected chi connectivity index (χ2v) is 3.98. The molecule has 1 heterocycles. The van der Waals surface area contributed by atoms with Crippen LogP contribution in [0.4, 0.5) is 0 Å². The van der Waals surface area contributed by atoms with Gasteiger partial charge in [-0.2, -0.15) is 0 Å². The van der Waals surface area contributed by atoms with E-state index in [-0.39, 0.29) is 0 Å². The summed E-state index contributed by atoms with van der Waals surface area (Å²) < 4.78 is 4.60. The summed E-state index contributed by atoms with van der Waals surface area (Å²) in [5.41, 5.74) is 0. The van der Waals surface area contributed by atoms with E-state index in [9.17, 15) is 0 Å². The van der Waals surface area contributed by atoms with Crippen molar-refractivity contribution < 1.29 is 4.57 Å². The topological polar surface area (TPSA) is 12.0 Å². The third-order valence-corrected chi connectivity index (χ3v) is 2.60. The zero-order chi connectivity index (χ0) is 10.6. The summed E-state index contributed by atoms with van der Waals surface area (Å²) in [6.45, 7) is 7.70. The van der Waals surface area contributed by atoms with Gasteiger partial charge in [0, 0.05) is 13.5 Å². The van der Waals surface area contributed by atoms with Gasteiger partial charge in [-0.1, -0.05) is 0 Å². The molecule has 1 aromatic heterocycles. The van der Waals surface area contributed by atoms with Gasteiger partial charge in [-0.25, -0.2) is 9.13 Å². The monoisotopic (exact) mass is 196 g/mol. The minimum absolute atomic E-state index is 1.06. The molecule has 3 nitrogen and oxygen atoms in total. The summed E-state index contributed by atoms with van der Waals surface area (Å²) in [5.74, 6) is 1.35. The van der Waals surface area contributed by atoms with Crippen LogP contribution in [0.5, 0.6) is 0 Å². The Kier molecular flexibility index (Phi) is 4.14. The van der Waals surface area contributed by atoms with E-state index in [0.29, 0.717) is 0 Å². The normalized spacial score (nSPS) is 11.2. The van der Waals surface area contributed by atoms with Crippen LogP contribution in [0.2, 0.25) is 0 Å². The molecule has 0 aliphatic heterocycles. The Labute approximate surface area is 87.0 Å². The smallest absolute Gasteiger partial charge is 0.253 e. The molecule has 80 valence electrons. The molecule has 0 aliphatic carbocycles. The highest BCUT2D eigenvalue weighted by molar-refractivity contribution is 4.78. The maximum atomic E-state index is 2.33. The van der Waals surface area contributed by atoms with E-state index < -0.39 is 0 Å². The molecule has 0 aliphatic rings. The van der Waals surface area contributed by atoms with Crippen LogP contribution in [-0.2, 0) is 13.1 Å². The number of rotatable bonds is 5. The average molecular weight is 196 g/mol. The second-order valence-electron chi connectivity index (χ2n) is 3.98. The van der Waals surface area contributed by atoms with Gasteiger partial charge in [0.1, 0.15) is 12.4 Å². The molecular formula is C11H22N3+. The predicted molar refractivity (Wildman–Crippen MR) is 58.2 cm³/mol. The quantitative estimate of drug-likeness (QED) is 0.641. The number of hydrogen-bond donors (Lipinski definition) is 0. The Morgan fingerprint density at radius 1 is 1.43 bits per heavy atom. The lowest BCUT2D eigenvalue weighted by atomic mass is 10.4. The van der Waals surface area contributed by atoms with Gasteiger partial charge in [0.2, 0.25) is 0 Å². The lowest BCUT2D eigenvalue weighted by Crippen LogP contribution is -2.36. The molecule has 1 aromatic rings. The van der Waals surface area contributed by atoms with Crippen molar-refractivity contribution in [3.8, 4) is 0 Å². The summed E-state index contributed by atoms with van der Waals surface area (Å²) in [5, 5.41) is 0. The maximum absolute atomic E-state index is 2.33. The van der Waals surface area contributed by atoms with Crippen molar-refractivity contribution in [3.05, 3.63) is 18.2 Å². The molecule has 0 N–H and O–H groups in total. The minimum Gasteiger partial charge on any atom is -0.309 e. The number of nitrogens with zero attached hydrogens (tertiary/aromatic N) is 3. The SMILES string of the molecule is CCn1cc[n+](CCCN(C)C)c1C. The van der Waals surface area contributed by atoms with E-state index in [1.54, 1.807) is 0 Å². The van der Waals surface area contributed by atoms with Crippen LogP contribution in [0.1, 0.15) is 19.2 Å². The molecule has 0 radical (unpaired) electrons. The number of aryl methyl sites for hydroxylation is 2. The summed E-state index contributed by atoms with van der Waals surface area (Å²) in [6.07, 6.45) is 5.55. The van der Waals surface area contributed by atoms with Gasteiger partial charge in [0.15, 0.2) is 0 Å². The molecule has 0 aromatic carbocycles. The zero-order valence-corrected chi connectivity index (χ0v) is 9.82. The van der Waals surface area contributed by atoms with Gasteiger partial charge in [-0.05, 0) is 27.4 Å². The first-order chi connectivity index (χ1) is 6.65. The van der Waals surface area contributed by atoms with E-state index in [0.717, 1.165) is 19.6 Å². The van der Waals surface area contributed by atoms with Crippen molar-refractivity contribution in [3.63, 3.8) is 0 Å². The van der Waals surface area contributed by atoms with E-state index in [4.69, 9.17) is 0 Å². The summed E-state index contributed by atoms with van der Waals surface area (Å²) in [6, 6.07) is 0. The summed E-state index contributed by atoms with van der Waals surface area (Å²) in [4.78, 5) is 2.23. The van der Waals surface area contributed by atoms with Crippen LogP contribution in [0.15, 0.2) is 12.4 Å². The van der Waals surface area contributed by atoms with Gasteiger partial charge in [-0.3, -0.25) is 0 Å². The van der Waals surface area contributed by atoms with Crippen molar-refractivity contribution in [2.24, 2.45) is 0 Å². The van der Waals surface area contributed by atoms with Crippen LogP contribution in [-0.4, -0.2) is 30.1 Å². The Balaban J connectivity index is 2.46. The van der Waals surface area contributed by atoms with E-state index in [1.165, 1.54) is 12.2 Å². The predicted octanol–water partition coefficient (Wildman–Crippen LogP) is 1.06. The fourth-order valence-electron chi connectivity index (χ4n) is 1.67. The minimum atomic E-state index is 1.06. The zero-order valence-electron chi connectivity index (χ0n) is 9.82. The number of hydrogen-bond acceptors (Lipinski definition) is 1. The first-order valence-corrected chi connectivity index (χ1v) is 5.35. The molecular weight excluding hydrogens is 174 g/mol. The summed E-state index contributed by atoms with van der Waals surface area (Å²) >= 11 is 0. The lowest BCUT2D eigenvalue weighted by Gasteiger charge is -2.07. The molecule has 0 bridgehead atoms. The van der Waals surface area contributed by atoms with E-state index in [1.807, 2.05) is 0 Å². The van der Waals surface area contributed by atoms with Crippen molar-refractivity contribution in [1.29, 1.82) is 0 Å². The third-order valence-electron chi connectivity index (χ3n) is 2.60. The Hall–Kier alpha value is -0.830. The van der Waals surface area contributed by atoms with Gasteiger partial charge in [0.25, 0.3) is 5.82 Å². The molecule has 0 saturated carbocycles. The van der Waals surface area contributed by atoms with Crippen LogP contribution >= 0.6 is 0 Å². The Morgan fingerprint density at radius 2 is 2.14 bits per heavy atom.